The molecule has 4 heteroatoms. The fourth-order valence-electron chi connectivity index (χ4n) is 1.26. The van der Waals surface area contributed by atoms with Crippen molar-refractivity contribution >= 4 is 5.97 Å². The number of carboxylic acids is 1. The number of rotatable bonds is 9. The normalized spacial score (nSPS) is 15.5. The lowest BCUT2D eigenvalue weighted by molar-refractivity contribution is -0.139. The van der Waals surface area contributed by atoms with E-state index in [2.05, 4.69) is 0 Å². The van der Waals surface area contributed by atoms with E-state index in [1.54, 1.807) is 13.0 Å². The molecule has 0 heterocycles. The summed E-state index contributed by atoms with van der Waals surface area (Å²) in [6.45, 7) is 1.74. The molecule has 0 aromatic heterocycles. The summed E-state index contributed by atoms with van der Waals surface area (Å²) in [7, 11) is 0. The second-order valence-electron chi connectivity index (χ2n) is 4.09. The van der Waals surface area contributed by atoms with Gasteiger partial charge in [-0.1, -0.05) is 24.3 Å². The Bertz CT molecular complexity index is 256. The molecule has 0 saturated heterocycles. The van der Waals surface area contributed by atoms with Gasteiger partial charge in [0.15, 0.2) is 0 Å². The van der Waals surface area contributed by atoms with Crippen LogP contribution in [0, 0.1) is 0 Å². The molecule has 0 amide bonds. The summed E-state index contributed by atoms with van der Waals surface area (Å²) >= 11 is 0. The quantitative estimate of drug-likeness (QED) is 0.426. The third-order valence-corrected chi connectivity index (χ3v) is 2.13. The van der Waals surface area contributed by atoms with E-state index in [4.69, 9.17) is 10.2 Å². The van der Waals surface area contributed by atoms with Gasteiger partial charge in [-0.3, -0.25) is 4.79 Å². The number of carboxylic acid groups (broad SMARTS) is 1. The van der Waals surface area contributed by atoms with Crippen LogP contribution in [0.3, 0.4) is 0 Å². The largest absolute Gasteiger partial charge is 0.481 e. The van der Waals surface area contributed by atoms with Crippen molar-refractivity contribution in [3.05, 3.63) is 24.3 Å². The zero-order valence-corrected chi connectivity index (χ0v) is 10.2. The molecule has 17 heavy (non-hydrogen) atoms. The Morgan fingerprint density at radius 1 is 1.06 bits per heavy atom. The maximum absolute atomic E-state index is 10.3. The van der Waals surface area contributed by atoms with Gasteiger partial charge in [0.2, 0.25) is 0 Å². The maximum Gasteiger partial charge on any atom is 0.305 e. The third kappa shape index (κ3) is 12.8. The predicted octanol–water partition coefficient (Wildman–Crippen LogP) is 1.88. The number of aliphatic carboxylic acids is 1. The molecule has 2 atom stereocenters. The van der Waals surface area contributed by atoms with Gasteiger partial charge in [0.25, 0.3) is 0 Å². The summed E-state index contributed by atoms with van der Waals surface area (Å²) in [6, 6.07) is 0. The van der Waals surface area contributed by atoms with Crippen LogP contribution in [0.25, 0.3) is 0 Å². The van der Waals surface area contributed by atoms with Crippen LogP contribution in [0.5, 0.6) is 0 Å². The molecule has 0 radical (unpaired) electrons. The van der Waals surface area contributed by atoms with Crippen LogP contribution >= 0.6 is 0 Å². The van der Waals surface area contributed by atoms with Crippen molar-refractivity contribution in [2.45, 2.75) is 51.2 Å². The molecule has 0 fully saturated rings. The Labute approximate surface area is 102 Å². The zero-order chi connectivity index (χ0) is 13.1. The van der Waals surface area contributed by atoms with Crippen LogP contribution in [0.2, 0.25) is 0 Å². The molecule has 0 aromatic rings. The number of carbonyl (C=O) groups is 1. The maximum atomic E-state index is 10.3. The third-order valence-electron chi connectivity index (χ3n) is 2.13. The Balaban J connectivity index is 3.48. The number of hydrogen-bond donors (Lipinski definition) is 3. The van der Waals surface area contributed by atoms with Crippen LogP contribution in [0.1, 0.15) is 39.0 Å². The summed E-state index contributed by atoms with van der Waals surface area (Å²) in [5, 5.41) is 26.6. The second-order valence-corrected chi connectivity index (χ2v) is 4.09. The van der Waals surface area contributed by atoms with Crippen molar-refractivity contribution in [3.8, 4) is 0 Å². The Kier molecular flexibility index (Phi) is 9.38. The van der Waals surface area contributed by atoms with Gasteiger partial charge in [-0.25, -0.2) is 0 Å². The second kappa shape index (κ2) is 10.1. The van der Waals surface area contributed by atoms with Gasteiger partial charge in [0.1, 0.15) is 0 Å². The number of hydrogen-bond acceptors (Lipinski definition) is 3. The first-order chi connectivity index (χ1) is 8.02. The average molecular weight is 242 g/mol. The Morgan fingerprint density at radius 2 is 1.59 bits per heavy atom. The first-order valence-electron chi connectivity index (χ1n) is 5.90. The average Bonchev–Trinajstić information content (AvgIpc) is 2.20. The van der Waals surface area contributed by atoms with Crippen molar-refractivity contribution in [2.24, 2.45) is 0 Å². The van der Waals surface area contributed by atoms with Gasteiger partial charge in [0, 0.05) is 0 Å². The standard InChI is InChI=1S/C13H22O4/c1-11(14)8-6-4-2-3-5-7-9-12(15)10-13(16)17/h4-7,11-12,14-15H,2-3,8-10H2,1H3,(H,16,17)/b6-4+,7-5+/t11-,12+/m1/s1. The van der Waals surface area contributed by atoms with E-state index in [-0.39, 0.29) is 12.5 Å². The Hall–Kier alpha value is -1.13. The zero-order valence-electron chi connectivity index (χ0n) is 10.2. The molecule has 0 saturated carbocycles. The highest BCUT2D eigenvalue weighted by molar-refractivity contribution is 5.67. The van der Waals surface area contributed by atoms with Crippen molar-refractivity contribution in [1.82, 2.24) is 0 Å². The molecule has 0 unspecified atom stereocenters. The smallest absolute Gasteiger partial charge is 0.305 e. The molecule has 0 bridgehead atoms. The minimum absolute atomic E-state index is 0.210. The fourth-order valence-corrected chi connectivity index (χ4v) is 1.26. The lowest BCUT2D eigenvalue weighted by atomic mass is 10.1. The highest BCUT2D eigenvalue weighted by Gasteiger charge is 2.06. The van der Waals surface area contributed by atoms with Crippen LogP contribution in [0.4, 0.5) is 0 Å². The lowest BCUT2D eigenvalue weighted by Crippen LogP contribution is -2.11. The monoisotopic (exact) mass is 242 g/mol. The number of aliphatic hydroxyl groups is 2. The van der Waals surface area contributed by atoms with Crippen molar-refractivity contribution < 1.29 is 20.1 Å². The summed E-state index contributed by atoms with van der Waals surface area (Å²) in [5.41, 5.74) is 0. The molecule has 98 valence electrons. The van der Waals surface area contributed by atoms with E-state index in [1.807, 2.05) is 18.2 Å². The van der Waals surface area contributed by atoms with Crippen molar-refractivity contribution in [3.63, 3.8) is 0 Å². The highest BCUT2D eigenvalue weighted by Crippen LogP contribution is 2.01. The SMILES string of the molecule is C[C@@H](O)C/C=C/CC/C=C/C[C@H](O)CC(=O)O. The molecule has 0 rings (SSSR count). The summed E-state index contributed by atoms with van der Waals surface area (Å²) in [5.74, 6) is -0.980. The molecule has 0 aliphatic rings. The highest BCUT2D eigenvalue weighted by atomic mass is 16.4. The van der Waals surface area contributed by atoms with Gasteiger partial charge in [0.05, 0.1) is 18.6 Å². The molecule has 3 N–H and O–H groups in total. The number of unbranched alkanes of at least 4 members (excludes halogenated alkanes) is 1. The van der Waals surface area contributed by atoms with Gasteiger partial charge in [-0.05, 0) is 32.6 Å². The number of aliphatic hydroxyl groups excluding tert-OH is 2. The molecule has 0 aliphatic heterocycles. The van der Waals surface area contributed by atoms with Crippen molar-refractivity contribution in [2.75, 3.05) is 0 Å². The molecular weight excluding hydrogens is 220 g/mol. The lowest BCUT2D eigenvalue weighted by Gasteiger charge is -2.02. The summed E-state index contributed by atoms with van der Waals surface area (Å²) in [6.07, 6.45) is 9.16. The molecule has 0 aliphatic carbocycles. The van der Waals surface area contributed by atoms with Gasteiger partial charge in [-0.2, -0.15) is 0 Å². The van der Waals surface area contributed by atoms with E-state index < -0.39 is 12.1 Å². The Morgan fingerprint density at radius 3 is 2.06 bits per heavy atom. The predicted molar refractivity (Wildman–Crippen MR) is 66.7 cm³/mol. The first-order valence-corrected chi connectivity index (χ1v) is 5.90. The number of allylic oxidation sites excluding steroid dienone is 2. The topological polar surface area (TPSA) is 77.8 Å². The van der Waals surface area contributed by atoms with Gasteiger partial charge >= 0.3 is 5.97 Å². The molecule has 0 spiro atoms. The molecule has 4 nitrogen and oxygen atoms in total. The summed E-state index contributed by atoms with van der Waals surface area (Å²) in [4.78, 5) is 10.3. The van der Waals surface area contributed by atoms with E-state index in [0.29, 0.717) is 12.8 Å². The van der Waals surface area contributed by atoms with Crippen LogP contribution in [-0.4, -0.2) is 33.5 Å². The van der Waals surface area contributed by atoms with Gasteiger partial charge < -0.3 is 15.3 Å². The molecule has 0 aromatic carbocycles. The van der Waals surface area contributed by atoms with E-state index in [1.165, 1.54) is 0 Å². The van der Waals surface area contributed by atoms with Crippen LogP contribution in [-0.2, 0) is 4.79 Å². The van der Waals surface area contributed by atoms with Crippen LogP contribution in [0.15, 0.2) is 24.3 Å². The minimum Gasteiger partial charge on any atom is -0.481 e. The van der Waals surface area contributed by atoms with E-state index >= 15 is 0 Å². The van der Waals surface area contributed by atoms with Gasteiger partial charge in [-0.15, -0.1) is 0 Å². The minimum atomic E-state index is -0.980. The first kappa shape index (κ1) is 15.9. The summed E-state index contributed by atoms with van der Waals surface area (Å²) < 4.78 is 0. The van der Waals surface area contributed by atoms with E-state index in [9.17, 15) is 9.90 Å². The fraction of sp³-hybridized carbons (Fsp3) is 0.615. The molecular formula is C13H22O4. The van der Waals surface area contributed by atoms with Crippen molar-refractivity contribution in [1.29, 1.82) is 0 Å². The van der Waals surface area contributed by atoms with E-state index in [0.717, 1.165) is 12.8 Å². The van der Waals surface area contributed by atoms with Crippen LogP contribution < -0.4 is 0 Å².